The standard InChI is InChI=1S/C26H26N4/c1-4-30(5-2)20-10-11-24(18(3)14-20)29-25-12-13-26(15-19(16-27)23(26)17-28)22-9-7-6-8-21(22)25/h6-14,19,23H,4-5,15H2,1-3H3. The van der Waals surface area contributed by atoms with Crippen molar-refractivity contribution in [2.75, 3.05) is 18.0 Å². The first-order valence-corrected chi connectivity index (χ1v) is 10.6. The van der Waals surface area contributed by atoms with E-state index in [1.807, 2.05) is 18.2 Å². The van der Waals surface area contributed by atoms with E-state index in [-0.39, 0.29) is 17.3 Å². The van der Waals surface area contributed by atoms with Crippen LogP contribution in [0.15, 0.2) is 59.6 Å². The van der Waals surface area contributed by atoms with Crippen LogP contribution in [0.3, 0.4) is 0 Å². The molecule has 1 saturated carbocycles. The molecular weight excluding hydrogens is 368 g/mol. The summed E-state index contributed by atoms with van der Waals surface area (Å²) >= 11 is 0. The molecule has 0 radical (unpaired) electrons. The Labute approximate surface area is 178 Å². The fourth-order valence-electron chi connectivity index (χ4n) is 4.88. The summed E-state index contributed by atoms with van der Waals surface area (Å²) in [7, 11) is 0. The molecule has 150 valence electrons. The van der Waals surface area contributed by atoms with E-state index < -0.39 is 0 Å². The summed E-state index contributed by atoms with van der Waals surface area (Å²) in [5.74, 6) is -0.516. The fraction of sp³-hybridized carbons (Fsp3) is 0.346. The number of aryl methyl sites for hydroxylation is 1. The minimum atomic E-state index is -0.369. The predicted octanol–water partition coefficient (Wildman–Crippen LogP) is 5.45. The minimum absolute atomic E-state index is 0.207. The minimum Gasteiger partial charge on any atom is -0.372 e. The van der Waals surface area contributed by atoms with Crippen molar-refractivity contribution in [1.82, 2.24) is 0 Å². The highest BCUT2D eigenvalue weighted by molar-refractivity contribution is 6.12. The van der Waals surface area contributed by atoms with Crippen molar-refractivity contribution < 1.29 is 0 Å². The molecule has 4 rings (SSSR count). The third kappa shape index (κ3) is 3.01. The SMILES string of the molecule is CCN(CC)c1ccc(N=C2C=CC3(CC(C#N)C3C#N)c3ccccc32)c(C)c1. The van der Waals surface area contributed by atoms with Crippen molar-refractivity contribution in [3.8, 4) is 12.1 Å². The van der Waals surface area contributed by atoms with Gasteiger partial charge in [0, 0.05) is 29.8 Å². The second kappa shape index (κ2) is 7.81. The van der Waals surface area contributed by atoms with Gasteiger partial charge >= 0.3 is 0 Å². The zero-order chi connectivity index (χ0) is 21.3. The van der Waals surface area contributed by atoms with E-state index >= 15 is 0 Å². The smallest absolute Gasteiger partial charge is 0.0754 e. The van der Waals surface area contributed by atoms with Gasteiger partial charge in [-0.1, -0.05) is 30.3 Å². The van der Waals surface area contributed by atoms with Crippen LogP contribution in [0.5, 0.6) is 0 Å². The summed E-state index contributed by atoms with van der Waals surface area (Å²) in [6, 6.07) is 19.3. The molecule has 4 heteroatoms. The second-order valence-corrected chi connectivity index (χ2v) is 8.11. The summed E-state index contributed by atoms with van der Waals surface area (Å²) in [6.07, 6.45) is 4.84. The molecular formula is C26H26N4. The lowest BCUT2D eigenvalue weighted by atomic mass is 9.50. The number of hydrogen-bond acceptors (Lipinski definition) is 4. The molecule has 0 saturated heterocycles. The summed E-state index contributed by atoms with van der Waals surface area (Å²) < 4.78 is 0. The van der Waals surface area contributed by atoms with Gasteiger partial charge in [-0.05, 0) is 62.6 Å². The monoisotopic (exact) mass is 394 g/mol. The van der Waals surface area contributed by atoms with Crippen molar-refractivity contribution in [3.05, 3.63) is 71.3 Å². The number of aliphatic imine (C=N–C) groups is 1. The molecule has 3 unspecified atom stereocenters. The number of allylic oxidation sites excluding steroid dienone is 2. The van der Waals surface area contributed by atoms with Gasteiger partial charge in [-0.3, -0.25) is 0 Å². The first kappa shape index (κ1) is 19.9. The Morgan fingerprint density at radius 2 is 1.87 bits per heavy atom. The molecule has 2 aromatic rings. The molecule has 0 heterocycles. The molecule has 0 N–H and O–H groups in total. The van der Waals surface area contributed by atoms with Crippen molar-refractivity contribution in [1.29, 1.82) is 10.5 Å². The van der Waals surface area contributed by atoms with Gasteiger partial charge in [0.1, 0.15) is 0 Å². The van der Waals surface area contributed by atoms with Crippen LogP contribution in [-0.4, -0.2) is 18.8 Å². The molecule has 30 heavy (non-hydrogen) atoms. The van der Waals surface area contributed by atoms with Crippen LogP contribution in [0.25, 0.3) is 0 Å². The maximum Gasteiger partial charge on any atom is 0.0754 e. The van der Waals surface area contributed by atoms with Crippen LogP contribution < -0.4 is 4.90 Å². The van der Waals surface area contributed by atoms with Gasteiger partial charge in [0.15, 0.2) is 0 Å². The maximum atomic E-state index is 9.71. The Kier molecular flexibility index (Phi) is 5.18. The molecule has 2 aromatic carbocycles. The second-order valence-electron chi connectivity index (χ2n) is 8.11. The van der Waals surface area contributed by atoms with Gasteiger partial charge in [-0.15, -0.1) is 0 Å². The Bertz CT molecular complexity index is 1110. The van der Waals surface area contributed by atoms with E-state index in [0.29, 0.717) is 6.42 Å². The number of rotatable bonds is 4. The van der Waals surface area contributed by atoms with Crippen LogP contribution in [0.1, 0.15) is 37.0 Å². The molecule has 2 aliphatic carbocycles. The quantitative estimate of drug-likeness (QED) is 0.692. The number of benzene rings is 2. The zero-order valence-corrected chi connectivity index (χ0v) is 17.8. The summed E-state index contributed by atoms with van der Waals surface area (Å²) in [6.45, 7) is 8.38. The van der Waals surface area contributed by atoms with Crippen LogP contribution in [0.4, 0.5) is 11.4 Å². The molecule has 3 atom stereocenters. The fourth-order valence-corrected chi connectivity index (χ4v) is 4.88. The molecule has 0 aromatic heterocycles. The van der Waals surface area contributed by atoms with Crippen molar-refractivity contribution in [3.63, 3.8) is 0 Å². The van der Waals surface area contributed by atoms with Crippen molar-refractivity contribution in [2.24, 2.45) is 16.8 Å². The normalized spacial score (nSPS) is 25.3. The summed E-state index contributed by atoms with van der Waals surface area (Å²) in [4.78, 5) is 7.32. The van der Waals surface area contributed by atoms with E-state index in [4.69, 9.17) is 4.99 Å². The van der Waals surface area contributed by atoms with Gasteiger partial charge in [-0.2, -0.15) is 10.5 Å². The number of nitriles is 2. The van der Waals surface area contributed by atoms with E-state index in [0.717, 1.165) is 41.2 Å². The lowest BCUT2D eigenvalue weighted by molar-refractivity contribution is 0.164. The zero-order valence-electron chi connectivity index (χ0n) is 17.8. The predicted molar refractivity (Wildman–Crippen MR) is 121 cm³/mol. The lowest BCUT2D eigenvalue weighted by Crippen LogP contribution is -2.50. The van der Waals surface area contributed by atoms with Crippen LogP contribution >= 0.6 is 0 Å². The van der Waals surface area contributed by atoms with E-state index in [1.165, 1.54) is 5.69 Å². The van der Waals surface area contributed by atoms with E-state index in [1.54, 1.807) is 0 Å². The van der Waals surface area contributed by atoms with Crippen molar-refractivity contribution in [2.45, 2.75) is 32.6 Å². The van der Waals surface area contributed by atoms with Crippen LogP contribution in [0.2, 0.25) is 0 Å². The third-order valence-electron chi connectivity index (χ3n) is 6.61. The lowest BCUT2D eigenvalue weighted by Gasteiger charge is -2.50. The molecule has 4 nitrogen and oxygen atoms in total. The number of hydrogen-bond donors (Lipinski definition) is 0. The highest BCUT2D eigenvalue weighted by atomic mass is 15.1. The number of fused-ring (bicyclic) bond motifs is 2. The van der Waals surface area contributed by atoms with Crippen LogP contribution in [0, 0.1) is 41.4 Å². The largest absolute Gasteiger partial charge is 0.372 e. The molecule has 0 amide bonds. The van der Waals surface area contributed by atoms with Gasteiger partial charge in [0.2, 0.25) is 0 Å². The molecule has 2 aliphatic rings. The average Bonchev–Trinajstić information content (AvgIpc) is 2.75. The third-order valence-corrected chi connectivity index (χ3v) is 6.61. The summed E-state index contributed by atoms with van der Waals surface area (Å²) in [5, 5.41) is 19.1. The highest BCUT2D eigenvalue weighted by Crippen LogP contribution is 2.55. The molecule has 0 bridgehead atoms. The Morgan fingerprint density at radius 1 is 1.10 bits per heavy atom. The summed E-state index contributed by atoms with van der Waals surface area (Å²) in [5.41, 5.74) is 6.02. The van der Waals surface area contributed by atoms with Gasteiger partial charge in [0.25, 0.3) is 0 Å². The van der Waals surface area contributed by atoms with Gasteiger partial charge < -0.3 is 4.90 Å². The molecule has 1 fully saturated rings. The Balaban J connectivity index is 1.74. The Morgan fingerprint density at radius 3 is 2.53 bits per heavy atom. The Hall–Kier alpha value is -3.37. The number of nitrogens with zero attached hydrogens (tertiary/aromatic N) is 4. The maximum absolute atomic E-state index is 9.71. The first-order chi connectivity index (χ1) is 14.6. The van der Waals surface area contributed by atoms with Gasteiger partial charge in [-0.25, -0.2) is 4.99 Å². The first-order valence-electron chi connectivity index (χ1n) is 10.6. The topological polar surface area (TPSA) is 63.2 Å². The van der Waals surface area contributed by atoms with Gasteiger partial charge in [0.05, 0.1) is 35.4 Å². The molecule has 1 spiro atoms. The van der Waals surface area contributed by atoms with Crippen molar-refractivity contribution >= 4 is 17.1 Å². The van der Waals surface area contributed by atoms with E-state index in [2.05, 4.69) is 74.2 Å². The van der Waals surface area contributed by atoms with Crippen LogP contribution in [-0.2, 0) is 5.41 Å². The number of anilines is 1. The highest BCUT2D eigenvalue weighted by Gasteiger charge is 2.55. The average molecular weight is 395 g/mol. The molecule has 0 aliphatic heterocycles. The van der Waals surface area contributed by atoms with E-state index in [9.17, 15) is 10.5 Å².